The normalized spacial score (nSPS) is 17.1. The third kappa shape index (κ3) is 3.68. The van der Waals surface area contributed by atoms with Gasteiger partial charge in [-0.3, -0.25) is 0 Å². The van der Waals surface area contributed by atoms with Gasteiger partial charge in [0.15, 0.2) is 0 Å². The van der Waals surface area contributed by atoms with Crippen LogP contribution in [0.5, 0.6) is 0 Å². The lowest BCUT2D eigenvalue weighted by Crippen LogP contribution is -2.42. The Morgan fingerprint density at radius 3 is 1.85 bits per heavy atom. The van der Waals surface area contributed by atoms with E-state index in [1.54, 1.807) is 0 Å². The molecule has 80 valence electrons. The molecule has 0 rings (SSSR count). The summed E-state index contributed by atoms with van der Waals surface area (Å²) in [4.78, 5) is 0. The Kier molecular flexibility index (Phi) is 4.98. The van der Waals surface area contributed by atoms with Gasteiger partial charge in [0, 0.05) is 0 Å². The van der Waals surface area contributed by atoms with E-state index in [1.807, 2.05) is 0 Å². The minimum Gasteiger partial charge on any atom is -0.389 e. The highest BCUT2D eigenvalue weighted by Crippen LogP contribution is 2.37. The van der Waals surface area contributed by atoms with E-state index in [-0.39, 0.29) is 5.41 Å². The molecular weight excluding hydrogens is 160 g/mol. The van der Waals surface area contributed by atoms with E-state index in [1.165, 1.54) is 12.8 Å². The zero-order valence-electron chi connectivity index (χ0n) is 9.98. The van der Waals surface area contributed by atoms with Crippen LogP contribution in [0, 0.1) is 5.41 Å². The topological polar surface area (TPSA) is 20.2 Å². The van der Waals surface area contributed by atoms with Crippen molar-refractivity contribution in [3.8, 4) is 0 Å². The maximum atomic E-state index is 10.4. The maximum Gasteiger partial charge on any atom is 0.0693 e. The van der Waals surface area contributed by atoms with Gasteiger partial charge in [-0.05, 0) is 18.3 Å². The van der Waals surface area contributed by atoms with Gasteiger partial charge in [0.25, 0.3) is 0 Å². The van der Waals surface area contributed by atoms with Crippen LogP contribution in [-0.2, 0) is 0 Å². The number of aliphatic hydroxyl groups is 1. The highest BCUT2D eigenvalue weighted by molar-refractivity contribution is 4.88. The van der Waals surface area contributed by atoms with Crippen molar-refractivity contribution in [1.29, 1.82) is 0 Å². The monoisotopic (exact) mass is 186 g/mol. The molecule has 0 spiro atoms. The second-order valence-corrected chi connectivity index (χ2v) is 5.09. The molecule has 0 aromatic heterocycles. The highest BCUT2D eigenvalue weighted by atomic mass is 16.3. The third-order valence-electron chi connectivity index (χ3n) is 3.17. The first-order valence-electron chi connectivity index (χ1n) is 5.59. The fraction of sp³-hybridized carbons (Fsp3) is 1.00. The second kappa shape index (κ2) is 4.99. The zero-order chi connectivity index (χ0) is 10.5. The summed E-state index contributed by atoms with van der Waals surface area (Å²) >= 11 is 0. The summed E-state index contributed by atoms with van der Waals surface area (Å²) in [6.45, 7) is 10.7. The summed E-state index contributed by atoms with van der Waals surface area (Å²) < 4.78 is 0. The lowest BCUT2D eigenvalue weighted by atomic mass is 9.72. The lowest BCUT2D eigenvalue weighted by molar-refractivity contribution is -0.0690. The Balaban J connectivity index is 4.13. The average Bonchev–Trinajstić information content (AvgIpc) is 2.02. The lowest BCUT2D eigenvalue weighted by Gasteiger charge is -2.40. The molecule has 1 nitrogen and oxygen atoms in total. The molecular formula is C12H26O. The SMILES string of the molecule is CCCCCC(O)(CC)C(C)(C)C. The van der Waals surface area contributed by atoms with Crippen molar-refractivity contribution >= 4 is 0 Å². The molecule has 1 N–H and O–H groups in total. The summed E-state index contributed by atoms with van der Waals surface area (Å²) in [5.74, 6) is 0. The molecule has 0 aliphatic rings. The molecule has 0 fully saturated rings. The number of hydrogen-bond acceptors (Lipinski definition) is 1. The molecule has 0 aromatic carbocycles. The average molecular weight is 186 g/mol. The molecule has 0 saturated heterocycles. The van der Waals surface area contributed by atoms with Gasteiger partial charge in [-0.2, -0.15) is 0 Å². The van der Waals surface area contributed by atoms with E-state index in [0.29, 0.717) is 0 Å². The van der Waals surface area contributed by atoms with Crippen LogP contribution in [-0.4, -0.2) is 10.7 Å². The molecule has 1 heteroatoms. The van der Waals surface area contributed by atoms with Gasteiger partial charge in [-0.15, -0.1) is 0 Å². The van der Waals surface area contributed by atoms with E-state index in [4.69, 9.17) is 0 Å². The molecule has 0 saturated carbocycles. The van der Waals surface area contributed by atoms with E-state index < -0.39 is 5.60 Å². The summed E-state index contributed by atoms with van der Waals surface area (Å²) in [6, 6.07) is 0. The molecule has 0 heterocycles. The first-order valence-corrected chi connectivity index (χ1v) is 5.59. The van der Waals surface area contributed by atoms with Crippen molar-refractivity contribution in [3.63, 3.8) is 0 Å². The van der Waals surface area contributed by atoms with Crippen molar-refractivity contribution in [2.75, 3.05) is 0 Å². The Morgan fingerprint density at radius 2 is 1.54 bits per heavy atom. The van der Waals surface area contributed by atoms with Crippen LogP contribution in [0.3, 0.4) is 0 Å². The Hall–Kier alpha value is -0.0400. The van der Waals surface area contributed by atoms with Crippen LogP contribution in [0.1, 0.15) is 66.7 Å². The predicted molar refractivity (Wildman–Crippen MR) is 58.8 cm³/mol. The van der Waals surface area contributed by atoms with Crippen LogP contribution in [0.2, 0.25) is 0 Å². The first kappa shape index (κ1) is 13.0. The first-order chi connectivity index (χ1) is 5.87. The van der Waals surface area contributed by atoms with Gasteiger partial charge in [-0.25, -0.2) is 0 Å². The molecule has 0 aromatic rings. The van der Waals surface area contributed by atoms with Crippen LogP contribution in [0.4, 0.5) is 0 Å². The van der Waals surface area contributed by atoms with Gasteiger partial charge < -0.3 is 5.11 Å². The van der Waals surface area contributed by atoms with Crippen molar-refractivity contribution in [2.45, 2.75) is 72.3 Å². The van der Waals surface area contributed by atoms with Gasteiger partial charge in [-0.1, -0.05) is 53.9 Å². The minimum atomic E-state index is -0.470. The standard InChI is InChI=1S/C12H26O/c1-6-8-9-10-12(13,7-2)11(3,4)5/h13H,6-10H2,1-5H3. The Morgan fingerprint density at radius 1 is 1.00 bits per heavy atom. The minimum absolute atomic E-state index is 0.00942. The second-order valence-electron chi connectivity index (χ2n) is 5.09. The van der Waals surface area contributed by atoms with Crippen LogP contribution in [0.15, 0.2) is 0 Å². The van der Waals surface area contributed by atoms with Crippen LogP contribution >= 0.6 is 0 Å². The van der Waals surface area contributed by atoms with Gasteiger partial charge in [0.05, 0.1) is 5.60 Å². The van der Waals surface area contributed by atoms with E-state index in [9.17, 15) is 5.11 Å². The third-order valence-corrected chi connectivity index (χ3v) is 3.17. The van der Waals surface area contributed by atoms with Gasteiger partial charge in [0.1, 0.15) is 0 Å². The molecule has 0 radical (unpaired) electrons. The smallest absolute Gasteiger partial charge is 0.0693 e. The Bertz CT molecular complexity index is 135. The molecule has 0 aliphatic heterocycles. The van der Waals surface area contributed by atoms with E-state index in [2.05, 4.69) is 34.6 Å². The molecule has 0 amide bonds. The molecule has 13 heavy (non-hydrogen) atoms. The number of hydrogen-bond donors (Lipinski definition) is 1. The summed E-state index contributed by atoms with van der Waals surface area (Å²) in [5, 5.41) is 10.4. The molecule has 1 unspecified atom stereocenters. The number of unbranched alkanes of at least 4 members (excludes halogenated alkanes) is 2. The summed E-state index contributed by atoms with van der Waals surface area (Å²) in [6.07, 6.45) is 5.42. The maximum absolute atomic E-state index is 10.4. The fourth-order valence-corrected chi connectivity index (χ4v) is 1.75. The van der Waals surface area contributed by atoms with Crippen molar-refractivity contribution < 1.29 is 5.11 Å². The van der Waals surface area contributed by atoms with E-state index >= 15 is 0 Å². The summed E-state index contributed by atoms with van der Waals surface area (Å²) in [5.41, 5.74) is -0.461. The highest BCUT2D eigenvalue weighted by Gasteiger charge is 2.37. The zero-order valence-corrected chi connectivity index (χ0v) is 9.98. The largest absolute Gasteiger partial charge is 0.389 e. The van der Waals surface area contributed by atoms with Crippen molar-refractivity contribution in [1.82, 2.24) is 0 Å². The number of rotatable bonds is 5. The molecule has 0 bridgehead atoms. The van der Waals surface area contributed by atoms with Gasteiger partial charge in [0.2, 0.25) is 0 Å². The van der Waals surface area contributed by atoms with E-state index in [0.717, 1.165) is 19.3 Å². The van der Waals surface area contributed by atoms with Crippen molar-refractivity contribution in [2.24, 2.45) is 5.41 Å². The van der Waals surface area contributed by atoms with Crippen LogP contribution < -0.4 is 0 Å². The van der Waals surface area contributed by atoms with Gasteiger partial charge >= 0.3 is 0 Å². The van der Waals surface area contributed by atoms with Crippen LogP contribution in [0.25, 0.3) is 0 Å². The Labute approximate surface area is 83.5 Å². The fourth-order valence-electron chi connectivity index (χ4n) is 1.75. The summed E-state index contributed by atoms with van der Waals surface area (Å²) in [7, 11) is 0. The quantitative estimate of drug-likeness (QED) is 0.648. The van der Waals surface area contributed by atoms with Crippen molar-refractivity contribution in [3.05, 3.63) is 0 Å². The predicted octanol–water partition coefficient (Wildman–Crippen LogP) is 3.75. The molecule has 1 atom stereocenters. The molecule has 0 aliphatic carbocycles.